The van der Waals surface area contributed by atoms with Gasteiger partial charge >= 0.3 is 0 Å². The molecule has 9 heteroatoms. The number of halogens is 3. The maximum Gasteiger partial charge on any atom is 0.250 e. The first-order chi connectivity index (χ1) is 11.0. The van der Waals surface area contributed by atoms with Crippen LogP contribution >= 0.6 is 50.5 Å². The zero-order valence-corrected chi connectivity index (χ0v) is 15.8. The van der Waals surface area contributed by atoms with E-state index >= 15 is 0 Å². The normalized spacial score (nSPS) is 12.5. The molecule has 1 N–H and O–H groups in total. The first kappa shape index (κ1) is 16.7. The minimum Gasteiger partial charge on any atom is -0.292 e. The van der Waals surface area contributed by atoms with Gasteiger partial charge in [-0.2, -0.15) is 4.98 Å². The van der Waals surface area contributed by atoms with Crippen LogP contribution in [0.4, 0.5) is 5.95 Å². The highest BCUT2D eigenvalue weighted by atomic mass is 79.9. The molecule has 0 spiro atoms. The molecule has 5 nitrogen and oxygen atoms in total. The molecule has 1 unspecified atom stereocenters. The lowest BCUT2D eigenvalue weighted by atomic mass is 10.2. The highest BCUT2D eigenvalue weighted by Gasteiger charge is 2.18. The number of nitrogens with one attached hydrogen (secondary N) is 1. The summed E-state index contributed by atoms with van der Waals surface area (Å²) in [6, 6.07) is 5.24. The number of carbonyl (C=O) groups is 1. The van der Waals surface area contributed by atoms with Gasteiger partial charge in [0.1, 0.15) is 0 Å². The first-order valence-electron chi connectivity index (χ1n) is 6.74. The predicted octanol–water partition coefficient (Wildman–Crippen LogP) is 4.88. The summed E-state index contributed by atoms with van der Waals surface area (Å²) in [6.07, 6.45) is 0.678. The van der Waals surface area contributed by atoms with Crippen LogP contribution in [-0.4, -0.2) is 25.3 Å². The molecule has 0 aliphatic heterocycles. The number of hydrogen-bond acceptors (Lipinski definition) is 4. The van der Waals surface area contributed by atoms with Crippen LogP contribution in [0.25, 0.3) is 16.2 Å². The van der Waals surface area contributed by atoms with Crippen molar-refractivity contribution in [1.82, 2.24) is 14.6 Å². The lowest BCUT2D eigenvalue weighted by Gasteiger charge is -2.05. The molecule has 3 rings (SSSR count). The van der Waals surface area contributed by atoms with Crippen LogP contribution in [0, 0.1) is 0 Å². The second-order valence-corrected chi connectivity index (χ2v) is 7.53. The summed E-state index contributed by atoms with van der Waals surface area (Å²) in [5.74, 6) is 0.0900. The average Bonchev–Trinajstić information content (AvgIpc) is 3.08. The van der Waals surface area contributed by atoms with E-state index in [4.69, 9.17) is 23.2 Å². The lowest BCUT2D eigenvalue weighted by molar-refractivity contribution is -0.115. The van der Waals surface area contributed by atoms with E-state index in [1.165, 1.54) is 11.3 Å². The van der Waals surface area contributed by atoms with E-state index in [1.54, 1.807) is 22.7 Å². The summed E-state index contributed by atoms with van der Waals surface area (Å²) in [6.45, 7) is 1.91. The van der Waals surface area contributed by atoms with Crippen molar-refractivity contribution in [1.29, 1.82) is 0 Å². The van der Waals surface area contributed by atoms with Crippen LogP contribution in [0.15, 0.2) is 23.6 Å². The molecule has 0 fully saturated rings. The molecule has 23 heavy (non-hydrogen) atoms. The maximum absolute atomic E-state index is 11.9. The largest absolute Gasteiger partial charge is 0.292 e. The van der Waals surface area contributed by atoms with Crippen LogP contribution in [0.3, 0.4) is 0 Å². The van der Waals surface area contributed by atoms with Crippen molar-refractivity contribution in [2.24, 2.45) is 0 Å². The van der Waals surface area contributed by atoms with Crippen molar-refractivity contribution in [2.75, 3.05) is 5.32 Å². The molecule has 0 saturated heterocycles. The van der Waals surface area contributed by atoms with Crippen molar-refractivity contribution < 1.29 is 4.79 Å². The maximum atomic E-state index is 11.9. The number of amides is 1. The number of nitrogens with zero attached hydrogens (tertiary/aromatic N) is 3. The highest BCUT2D eigenvalue weighted by molar-refractivity contribution is 9.10. The fraction of sp³-hybridized carbons (Fsp3) is 0.214. The first-order valence-corrected chi connectivity index (χ1v) is 9.29. The van der Waals surface area contributed by atoms with Gasteiger partial charge in [-0.25, -0.2) is 4.52 Å². The number of hydrogen-bond donors (Lipinski definition) is 1. The summed E-state index contributed by atoms with van der Waals surface area (Å²) >= 11 is 17.0. The SMILES string of the molecule is CCC(Br)C(=O)Nc1nc2scc(-c3cc(Cl)ccc3Cl)n2n1. The summed E-state index contributed by atoms with van der Waals surface area (Å²) in [7, 11) is 0. The van der Waals surface area contributed by atoms with Crippen LogP contribution in [0.2, 0.25) is 10.0 Å². The average molecular weight is 434 g/mol. The van der Waals surface area contributed by atoms with E-state index < -0.39 is 0 Å². The minimum absolute atomic E-state index is 0.173. The minimum atomic E-state index is -0.272. The monoisotopic (exact) mass is 432 g/mol. The van der Waals surface area contributed by atoms with Gasteiger partial charge in [-0.1, -0.05) is 46.1 Å². The van der Waals surface area contributed by atoms with E-state index in [0.717, 1.165) is 11.3 Å². The Hall–Kier alpha value is -1.15. The molecule has 0 radical (unpaired) electrons. The number of alkyl halides is 1. The van der Waals surface area contributed by atoms with Crippen molar-refractivity contribution in [3.63, 3.8) is 0 Å². The van der Waals surface area contributed by atoms with Crippen LogP contribution in [0.1, 0.15) is 13.3 Å². The van der Waals surface area contributed by atoms with Gasteiger partial charge in [0, 0.05) is 16.0 Å². The topological polar surface area (TPSA) is 59.3 Å². The van der Waals surface area contributed by atoms with Crippen molar-refractivity contribution in [2.45, 2.75) is 18.2 Å². The van der Waals surface area contributed by atoms with Gasteiger partial charge in [-0.15, -0.1) is 16.4 Å². The van der Waals surface area contributed by atoms with Crippen molar-refractivity contribution in [3.8, 4) is 11.3 Å². The smallest absolute Gasteiger partial charge is 0.250 e. The second kappa shape index (κ2) is 6.76. The molecule has 3 aromatic rings. The summed E-state index contributed by atoms with van der Waals surface area (Å²) in [5, 5.41) is 10.1. The van der Waals surface area contributed by atoms with Crippen LogP contribution < -0.4 is 5.32 Å². The third-order valence-corrected chi connectivity index (χ3v) is 5.61. The fourth-order valence-corrected chi connectivity index (χ4v) is 3.31. The van der Waals surface area contributed by atoms with Gasteiger partial charge < -0.3 is 0 Å². The Kier molecular flexibility index (Phi) is 4.91. The molecule has 0 saturated carbocycles. The molecule has 1 atom stereocenters. The van der Waals surface area contributed by atoms with Gasteiger partial charge in [0.15, 0.2) is 0 Å². The Balaban J connectivity index is 1.98. The zero-order chi connectivity index (χ0) is 16.6. The summed E-state index contributed by atoms with van der Waals surface area (Å²) < 4.78 is 1.65. The zero-order valence-electron chi connectivity index (χ0n) is 11.9. The van der Waals surface area contributed by atoms with Crippen LogP contribution in [0.5, 0.6) is 0 Å². The summed E-state index contributed by atoms with van der Waals surface area (Å²) in [4.78, 5) is 16.6. The van der Waals surface area contributed by atoms with E-state index in [9.17, 15) is 4.79 Å². The summed E-state index contributed by atoms with van der Waals surface area (Å²) in [5.41, 5.74) is 1.54. The number of carbonyl (C=O) groups excluding carboxylic acids is 1. The quantitative estimate of drug-likeness (QED) is 0.596. The number of anilines is 1. The number of thiazole rings is 1. The predicted molar refractivity (Wildman–Crippen MR) is 98.0 cm³/mol. The standard InChI is InChI=1S/C14H11BrCl2N4OS/c1-2-9(15)12(22)18-13-19-14-21(20-13)11(6-23-14)8-5-7(16)3-4-10(8)17/h3-6,9H,2H2,1H3,(H,18,20,22). The molecular formula is C14H11BrCl2N4OS. The molecule has 2 aromatic heterocycles. The fourth-order valence-electron chi connectivity index (χ4n) is 1.99. The molecular weight excluding hydrogens is 423 g/mol. The van der Waals surface area contributed by atoms with Gasteiger partial charge in [0.2, 0.25) is 16.8 Å². The Morgan fingerprint density at radius 1 is 1.48 bits per heavy atom. The molecule has 1 amide bonds. The number of benzene rings is 1. The number of fused-ring (bicyclic) bond motifs is 1. The molecule has 0 bridgehead atoms. The molecule has 1 aromatic carbocycles. The van der Waals surface area contributed by atoms with Crippen LogP contribution in [-0.2, 0) is 4.79 Å². The second-order valence-electron chi connectivity index (χ2n) is 4.74. The van der Waals surface area contributed by atoms with E-state index in [2.05, 4.69) is 31.3 Å². The highest BCUT2D eigenvalue weighted by Crippen LogP contribution is 2.33. The Labute approximate surface area is 154 Å². The Morgan fingerprint density at radius 2 is 2.26 bits per heavy atom. The van der Waals surface area contributed by atoms with E-state index in [0.29, 0.717) is 21.4 Å². The third kappa shape index (κ3) is 3.38. The number of rotatable bonds is 4. The molecule has 0 aliphatic rings. The Morgan fingerprint density at radius 3 is 3.00 bits per heavy atom. The molecule has 2 heterocycles. The van der Waals surface area contributed by atoms with Crippen molar-refractivity contribution >= 4 is 67.3 Å². The van der Waals surface area contributed by atoms with Gasteiger partial charge in [0.25, 0.3) is 0 Å². The van der Waals surface area contributed by atoms with Gasteiger partial charge in [0.05, 0.1) is 15.5 Å². The van der Waals surface area contributed by atoms with Gasteiger partial charge in [-0.05, 0) is 24.6 Å². The van der Waals surface area contributed by atoms with E-state index in [-0.39, 0.29) is 16.7 Å². The van der Waals surface area contributed by atoms with Gasteiger partial charge in [-0.3, -0.25) is 10.1 Å². The van der Waals surface area contributed by atoms with Crippen molar-refractivity contribution in [3.05, 3.63) is 33.6 Å². The molecule has 120 valence electrons. The number of aromatic nitrogens is 3. The van der Waals surface area contributed by atoms with E-state index in [1.807, 2.05) is 12.3 Å². The Bertz CT molecular complexity index is 879. The lowest BCUT2D eigenvalue weighted by Crippen LogP contribution is -2.22. The molecule has 0 aliphatic carbocycles. The third-order valence-electron chi connectivity index (χ3n) is 3.16.